The van der Waals surface area contributed by atoms with E-state index in [4.69, 9.17) is 0 Å². The zero-order chi connectivity index (χ0) is 15.5. The van der Waals surface area contributed by atoms with E-state index in [1.807, 2.05) is 47.6 Å². The van der Waals surface area contributed by atoms with Gasteiger partial charge in [-0.25, -0.2) is 4.98 Å². The number of nitrogens with one attached hydrogen (secondary N) is 1. The Morgan fingerprint density at radius 3 is 2.55 bits per heavy atom. The van der Waals surface area contributed by atoms with Crippen LogP contribution in [0.1, 0.15) is 44.5 Å². The SMILES string of the molecule is Cc1cc(C)c(C#N)c(SC(C)C(=O)NC(C)(C)C)n1. The summed E-state index contributed by atoms with van der Waals surface area (Å²) in [5.41, 5.74) is 2.04. The topological polar surface area (TPSA) is 65.8 Å². The summed E-state index contributed by atoms with van der Waals surface area (Å²) >= 11 is 1.33. The molecular formula is C15H21N3OS. The number of carbonyl (C=O) groups excluding carboxylic acids is 1. The Morgan fingerprint density at radius 1 is 1.45 bits per heavy atom. The zero-order valence-electron chi connectivity index (χ0n) is 12.9. The fraction of sp³-hybridized carbons (Fsp3) is 0.533. The summed E-state index contributed by atoms with van der Waals surface area (Å²) in [5.74, 6) is -0.0488. The van der Waals surface area contributed by atoms with Crippen molar-refractivity contribution in [1.82, 2.24) is 10.3 Å². The minimum absolute atomic E-state index is 0.0488. The predicted molar refractivity (Wildman–Crippen MR) is 81.6 cm³/mol. The number of aromatic nitrogens is 1. The Morgan fingerprint density at radius 2 is 2.05 bits per heavy atom. The van der Waals surface area contributed by atoms with Crippen molar-refractivity contribution in [1.29, 1.82) is 5.26 Å². The van der Waals surface area contributed by atoms with Gasteiger partial charge in [0.2, 0.25) is 5.91 Å². The molecular weight excluding hydrogens is 270 g/mol. The maximum Gasteiger partial charge on any atom is 0.233 e. The van der Waals surface area contributed by atoms with Crippen molar-refractivity contribution in [2.45, 2.75) is 57.4 Å². The quantitative estimate of drug-likeness (QED) is 0.869. The van der Waals surface area contributed by atoms with E-state index < -0.39 is 0 Å². The molecule has 0 aliphatic heterocycles. The first-order valence-electron chi connectivity index (χ1n) is 6.51. The van der Waals surface area contributed by atoms with Gasteiger partial charge < -0.3 is 5.32 Å². The molecule has 1 aromatic heterocycles. The van der Waals surface area contributed by atoms with E-state index in [0.29, 0.717) is 10.6 Å². The van der Waals surface area contributed by atoms with E-state index in [1.54, 1.807) is 0 Å². The van der Waals surface area contributed by atoms with Crippen LogP contribution < -0.4 is 5.32 Å². The van der Waals surface area contributed by atoms with Crippen molar-refractivity contribution in [2.24, 2.45) is 0 Å². The third kappa shape index (κ3) is 4.53. The second-order valence-electron chi connectivity index (χ2n) is 5.87. The monoisotopic (exact) mass is 291 g/mol. The standard InChI is InChI=1S/C15H21N3OS/c1-9-7-10(2)17-14(12(9)8-16)20-11(3)13(19)18-15(4,5)6/h7,11H,1-6H3,(H,18,19). The van der Waals surface area contributed by atoms with Crippen LogP contribution in [0.15, 0.2) is 11.1 Å². The Hall–Kier alpha value is -1.54. The first-order valence-corrected chi connectivity index (χ1v) is 7.39. The molecule has 0 aliphatic rings. The lowest BCUT2D eigenvalue weighted by Gasteiger charge is -2.23. The number of pyridine rings is 1. The van der Waals surface area contributed by atoms with Crippen molar-refractivity contribution in [3.63, 3.8) is 0 Å². The smallest absolute Gasteiger partial charge is 0.233 e. The van der Waals surface area contributed by atoms with Crippen LogP contribution >= 0.6 is 11.8 Å². The molecule has 108 valence electrons. The summed E-state index contributed by atoms with van der Waals surface area (Å²) in [5, 5.41) is 12.5. The van der Waals surface area contributed by atoms with Crippen molar-refractivity contribution in [3.05, 3.63) is 22.9 Å². The maximum absolute atomic E-state index is 12.1. The minimum Gasteiger partial charge on any atom is -0.351 e. The van der Waals surface area contributed by atoms with Crippen LogP contribution in [0.25, 0.3) is 0 Å². The molecule has 0 fully saturated rings. The molecule has 0 spiro atoms. The number of thioether (sulfide) groups is 1. The summed E-state index contributed by atoms with van der Waals surface area (Å²) in [6.07, 6.45) is 0. The van der Waals surface area contributed by atoms with Gasteiger partial charge in [0.25, 0.3) is 0 Å². The Labute approximate surface area is 125 Å². The lowest BCUT2D eigenvalue weighted by Crippen LogP contribution is -2.44. The summed E-state index contributed by atoms with van der Waals surface area (Å²) in [4.78, 5) is 16.5. The van der Waals surface area contributed by atoms with Crippen molar-refractivity contribution >= 4 is 17.7 Å². The lowest BCUT2D eigenvalue weighted by molar-refractivity contribution is -0.121. The van der Waals surface area contributed by atoms with Crippen LogP contribution in [0.5, 0.6) is 0 Å². The third-order valence-electron chi connectivity index (χ3n) is 2.58. The van der Waals surface area contributed by atoms with E-state index in [1.165, 1.54) is 11.8 Å². The second kappa shape index (κ2) is 6.27. The van der Waals surface area contributed by atoms with Crippen molar-refractivity contribution in [2.75, 3.05) is 0 Å². The second-order valence-corrected chi connectivity index (χ2v) is 7.20. The van der Waals surface area contributed by atoms with Crippen molar-refractivity contribution < 1.29 is 4.79 Å². The minimum atomic E-state index is -0.296. The molecule has 1 amide bonds. The zero-order valence-corrected chi connectivity index (χ0v) is 13.7. The number of nitriles is 1. The molecule has 5 heteroatoms. The third-order valence-corrected chi connectivity index (χ3v) is 3.67. The Bertz CT molecular complexity index is 555. The van der Waals surface area contributed by atoms with E-state index in [-0.39, 0.29) is 16.7 Å². The van der Waals surface area contributed by atoms with Crippen LogP contribution in [0.4, 0.5) is 0 Å². The molecule has 0 bridgehead atoms. The van der Waals surface area contributed by atoms with Gasteiger partial charge in [0.1, 0.15) is 11.1 Å². The van der Waals surface area contributed by atoms with E-state index >= 15 is 0 Å². The molecule has 0 radical (unpaired) electrons. The molecule has 4 nitrogen and oxygen atoms in total. The number of hydrogen-bond acceptors (Lipinski definition) is 4. The summed E-state index contributed by atoms with van der Waals surface area (Å²) in [7, 11) is 0. The van der Waals surface area contributed by atoms with E-state index in [2.05, 4.69) is 16.4 Å². The van der Waals surface area contributed by atoms with Gasteiger partial charge in [-0.15, -0.1) is 0 Å². The van der Waals surface area contributed by atoms with Crippen molar-refractivity contribution in [3.8, 4) is 6.07 Å². The van der Waals surface area contributed by atoms with Gasteiger partial charge in [-0.05, 0) is 53.2 Å². The highest BCUT2D eigenvalue weighted by atomic mass is 32.2. The van der Waals surface area contributed by atoms with Crippen LogP contribution in [-0.4, -0.2) is 21.7 Å². The first-order chi connectivity index (χ1) is 9.14. The van der Waals surface area contributed by atoms with Gasteiger partial charge in [0.05, 0.1) is 10.8 Å². The average Bonchev–Trinajstić information content (AvgIpc) is 2.25. The number of hydrogen-bond donors (Lipinski definition) is 1. The molecule has 1 heterocycles. The highest BCUT2D eigenvalue weighted by Gasteiger charge is 2.22. The molecule has 1 N–H and O–H groups in total. The average molecular weight is 291 g/mol. The number of rotatable bonds is 3. The van der Waals surface area contributed by atoms with Crippen LogP contribution in [-0.2, 0) is 4.79 Å². The van der Waals surface area contributed by atoms with Crippen LogP contribution in [0.3, 0.4) is 0 Å². The molecule has 20 heavy (non-hydrogen) atoms. The van der Waals surface area contributed by atoms with Crippen LogP contribution in [0, 0.1) is 25.2 Å². The fourth-order valence-electron chi connectivity index (χ4n) is 1.72. The van der Waals surface area contributed by atoms with Gasteiger partial charge in [-0.1, -0.05) is 11.8 Å². The normalized spacial score (nSPS) is 12.7. The summed E-state index contributed by atoms with van der Waals surface area (Å²) in [6.45, 7) is 11.4. The number of aryl methyl sites for hydroxylation is 2. The predicted octanol–water partition coefficient (Wildman–Crippen LogP) is 2.97. The molecule has 1 aromatic rings. The largest absolute Gasteiger partial charge is 0.351 e. The Balaban J connectivity index is 2.94. The molecule has 0 saturated carbocycles. The van der Waals surface area contributed by atoms with Gasteiger partial charge >= 0.3 is 0 Å². The van der Waals surface area contributed by atoms with Gasteiger partial charge in [-0.3, -0.25) is 4.79 Å². The van der Waals surface area contributed by atoms with Crippen LogP contribution in [0.2, 0.25) is 0 Å². The van der Waals surface area contributed by atoms with Gasteiger partial charge in [-0.2, -0.15) is 5.26 Å². The Kier molecular flexibility index (Phi) is 5.18. The summed E-state index contributed by atoms with van der Waals surface area (Å²) in [6, 6.07) is 4.05. The summed E-state index contributed by atoms with van der Waals surface area (Å²) < 4.78 is 0. The molecule has 0 aromatic carbocycles. The molecule has 1 unspecified atom stereocenters. The molecule has 1 atom stereocenters. The highest BCUT2D eigenvalue weighted by molar-refractivity contribution is 8.00. The maximum atomic E-state index is 12.1. The van der Waals surface area contributed by atoms with E-state index in [9.17, 15) is 10.1 Å². The molecule has 1 rings (SSSR count). The first kappa shape index (κ1) is 16.5. The number of amides is 1. The number of nitrogens with zero attached hydrogens (tertiary/aromatic N) is 2. The highest BCUT2D eigenvalue weighted by Crippen LogP contribution is 2.27. The lowest BCUT2D eigenvalue weighted by atomic mass is 10.1. The van der Waals surface area contributed by atoms with Gasteiger partial charge in [0, 0.05) is 11.2 Å². The fourth-order valence-corrected chi connectivity index (χ4v) is 2.74. The van der Waals surface area contributed by atoms with E-state index in [0.717, 1.165) is 11.3 Å². The number of carbonyl (C=O) groups is 1. The van der Waals surface area contributed by atoms with Gasteiger partial charge in [0.15, 0.2) is 0 Å². The molecule has 0 saturated heterocycles. The molecule has 0 aliphatic carbocycles.